The van der Waals surface area contributed by atoms with Gasteiger partial charge in [0.15, 0.2) is 0 Å². The van der Waals surface area contributed by atoms with Crippen molar-refractivity contribution < 1.29 is 4.74 Å². The maximum Gasteiger partial charge on any atom is 0.115 e. The van der Waals surface area contributed by atoms with Crippen LogP contribution in [0.3, 0.4) is 0 Å². The fourth-order valence-electron chi connectivity index (χ4n) is 3.24. The zero-order valence-corrected chi connectivity index (χ0v) is 15.8. The van der Waals surface area contributed by atoms with Gasteiger partial charge < -0.3 is 9.30 Å². The Kier molecular flexibility index (Phi) is 5.54. The quantitative estimate of drug-likeness (QED) is 0.442. The summed E-state index contributed by atoms with van der Waals surface area (Å²) < 4.78 is 7.72. The number of ether oxygens (including phenoxy) is 1. The Morgan fingerprint density at radius 2 is 1.54 bits per heavy atom. The Hall–Kier alpha value is -3.31. The molecule has 140 valence electrons. The molecule has 5 heteroatoms. The van der Waals surface area contributed by atoms with E-state index in [9.17, 15) is 0 Å². The van der Waals surface area contributed by atoms with Crippen LogP contribution in [-0.2, 0) is 11.3 Å². The number of benzene rings is 2. The van der Waals surface area contributed by atoms with Crippen molar-refractivity contribution in [3.63, 3.8) is 0 Å². The number of nitrogens with zero attached hydrogens (tertiary/aromatic N) is 4. The van der Waals surface area contributed by atoms with Crippen molar-refractivity contribution in [2.45, 2.75) is 13.5 Å². The van der Waals surface area contributed by atoms with Crippen molar-refractivity contribution in [2.75, 3.05) is 13.2 Å². The first-order valence-electron chi connectivity index (χ1n) is 9.41. The molecule has 2 aromatic heterocycles. The average molecular weight is 370 g/mol. The van der Waals surface area contributed by atoms with E-state index in [1.807, 2.05) is 43.8 Å². The van der Waals surface area contributed by atoms with E-state index >= 15 is 0 Å². The summed E-state index contributed by atoms with van der Waals surface area (Å²) in [5.74, 6) is 0. The van der Waals surface area contributed by atoms with Crippen molar-refractivity contribution in [2.24, 2.45) is 0 Å². The van der Waals surface area contributed by atoms with E-state index in [1.165, 1.54) is 0 Å². The molecule has 4 aromatic rings. The van der Waals surface area contributed by atoms with E-state index in [1.54, 1.807) is 6.33 Å². The normalized spacial score (nSPS) is 10.9. The highest BCUT2D eigenvalue weighted by Gasteiger charge is 2.15. The third kappa shape index (κ3) is 3.85. The summed E-state index contributed by atoms with van der Waals surface area (Å²) in [6.07, 6.45) is 7.09. The summed E-state index contributed by atoms with van der Waals surface area (Å²) in [4.78, 5) is 12.9. The Morgan fingerprint density at radius 1 is 0.821 bits per heavy atom. The molecule has 0 fully saturated rings. The molecule has 4 rings (SSSR count). The monoisotopic (exact) mass is 370 g/mol. The van der Waals surface area contributed by atoms with Crippen LogP contribution >= 0.6 is 0 Å². The minimum Gasteiger partial charge on any atom is -0.380 e. The first-order valence-corrected chi connectivity index (χ1v) is 9.41. The summed E-state index contributed by atoms with van der Waals surface area (Å²) in [7, 11) is 0. The van der Waals surface area contributed by atoms with E-state index in [2.05, 4.69) is 50.9 Å². The zero-order chi connectivity index (χ0) is 19.2. The second kappa shape index (κ2) is 8.59. The lowest BCUT2D eigenvalue weighted by Gasteiger charge is -2.11. The topological polar surface area (TPSA) is 52.8 Å². The fraction of sp³-hybridized carbons (Fsp3) is 0.174. The standard InChI is InChI=1S/C23H22N4O/c1-2-28-13-12-27-17-26-22(19-6-4-3-5-7-19)23(27)20-10-8-18(9-11-20)21-14-24-16-25-15-21/h3-11,14-17H,2,12-13H2,1H3. The molecule has 0 spiro atoms. The van der Waals surface area contributed by atoms with Crippen LogP contribution in [0.25, 0.3) is 33.6 Å². The molecular formula is C23H22N4O. The molecule has 0 atom stereocenters. The van der Waals surface area contributed by atoms with Crippen LogP contribution in [0.15, 0.2) is 79.6 Å². The number of hydrogen-bond acceptors (Lipinski definition) is 4. The van der Waals surface area contributed by atoms with Crippen LogP contribution in [0.4, 0.5) is 0 Å². The van der Waals surface area contributed by atoms with Crippen molar-refractivity contribution in [1.82, 2.24) is 19.5 Å². The third-order valence-corrected chi connectivity index (χ3v) is 4.62. The lowest BCUT2D eigenvalue weighted by atomic mass is 10.0. The number of imidazole rings is 1. The SMILES string of the molecule is CCOCCn1cnc(-c2ccccc2)c1-c1ccc(-c2cncnc2)cc1. The number of aromatic nitrogens is 4. The van der Waals surface area contributed by atoms with Gasteiger partial charge in [-0.15, -0.1) is 0 Å². The molecule has 2 heterocycles. The predicted octanol–water partition coefficient (Wildman–Crippen LogP) is 4.71. The molecule has 2 aromatic carbocycles. The highest BCUT2D eigenvalue weighted by atomic mass is 16.5. The zero-order valence-electron chi connectivity index (χ0n) is 15.8. The molecule has 0 bridgehead atoms. The van der Waals surface area contributed by atoms with Gasteiger partial charge in [-0.3, -0.25) is 0 Å². The Morgan fingerprint density at radius 3 is 2.25 bits per heavy atom. The molecule has 0 saturated heterocycles. The van der Waals surface area contributed by atoms with E-state index in [0.717, 1.165) is 40.2 Å². The molecule has 0 N–H and O–H groups in total. The van der Waals surface area contributed by atoms with Gasteiger partial charge in [-0.1, -0.05) is 54.6 Å². The van der Waals surface area contributed by atoms with Gasteiger partial charge in [0.05, 0.1) is 24.3 Å². The van der Waals surface area contributed by atoms with Crippen LogP contribution in [0, 0.1) is 0 Å². The van der Waals surface area contributed by atoms with E-state index in [0.29, 0.717) is 13.2 Å². The van der Waals surface area contributed by atoms with Gasteiger partial charge in [-0.2, -0.15) is 0 Å². The molecule has 0 unspecified atom stereocenters. The van der Waals surface area contributed by atoms with Gasteiger partial charge in [-0.05, 0) is 12.5 Å². The second-order valence-electron chi connectivity index (χ2n) is 6.40. The summed E-state index contributed by atoms with van der Waals surface area (Å²) in [5.41, 5.74) is 6.39. The highest BCUT2D eigenvalue weighted by molar-refractivity contribution is 5.79. The van der Waals surface area contributed by atoms with Gasteiger partial charge in [0.2, 0.25) is 0 Å². The molecule has 0 aliphatic carbocycles. The molecule has 0 radical (unpaired) electrons. The highest BCUT2D eigenvalue weighted by Crippen LogP contribution is 2.32. The Balaban J connectivity index is 1.73. The summed E-state index contributed by atoms with van der Waals surface area (Å²) in [6, 6.07) is 18.7. The maximum absolute atomic E-state index is 5.56. The van der Waals surface area contributed by atoms with Crippen molar-refractivity contribution in [3.8, 4) is 33.6 Å². The Labute approximate surface area is 164 Å². The van der Waals surface area contributed by atoms with Gasteiger partial charge in [0.1, 0.15) is 6.33 Å². The van der Waals surface area contributed by atoms with E-state index < -0.39 is 0 Å². The average Bonchev–Trinajstić information content (AvgIpc) is 3.19. The number of hydrogen-bond donors (Lipinski definition) is 0. The lowest BCUT2D eigenvalue weighted by molar-refractivity contribution is 0.139. The van der Waals surface area contributed by atoms with Gasteiger partial charge in [0, 0.05) is 42.2 Å². The van der Waals surface area contributed by atoms with E-state index in [4.69, 9.17) is 9.72 Å². The maximum atomic E-state index is 5.56. The molecule has 0 aliphatic heterocycles. The van der Waals surface area contributed by atoms with Gasteiger partial charge >= 0.3 is 0 Å². The molecule has 5 nitrogen and oxygen atoms in total. The molecule has 28 heavy (non-hydrogen) atoms. The second-order valence-corrected chi connectivity index (χ2v) is 6.40. The first kappa shape index (κ1) is 18.1. The van der Waals surface area contributed by atoms with Crippen molar-refractivity contribution >= 4 is 0 Å². The van der Waals surface area contributed by atoms with Crippen LogP contribution < -0.4 is 0 Å². The fourth-order valence-corrected chi connectivity index (χ4v) is 3.24. The molecule has 0 amide bonds. The lowest BCUT2D eigenvalue weighted by Crippen LogP contribution is -2.06. The Bertz CT molecular complexity index is 1010. The predicted molar refractivity (Wildman–Crippen MR) is 111 cm³/mol. The summed E-state index contributed by atoms with van der Waals surface area (Å²) in [5, 5.41) is 0. The third-order valence-electron chi connectivity index (χ3n) is 4.62. The van der Waals surface area contributed by atoms with E-state index in [-0.39, 0.29) is 0 Å². The minimum atomic E-state index is 0.660. The molecule has 0 aliphatic rings. The van der Waals surface area contributed by atoms with Crippen LogP contribution in [-0.4, -0.2) is 32.7 Å². The summed E-state index contributed by atoms with van der Waals surface area (Å²) in [6.45, 7) is 4.14. The smallest absolute Gasteiger partial charge is 0.115 e. The summed E-state index contributed by atoms with van der Waals surface area (Å²) >= 11 is 0. The van der Waals surface area contributed by atoms with Gasteiger partial charge in [-0.25, -0.2) is 15.0 Å². The molecule has 0 saturated carbocycles. The number of rotatable bonds is 7. The van der Waals surface area contributed by atoms with Crippen LogP contribution in [0.1, 0.15) is 6.92 Å². The van der Waals surface area contributed by atoms with Crippen molar-refractivity contribution in [1.29, 1.82) is 0 Å². The van der Waals surface area contributed by atoms with Crippen LogP contribution in [0.2, 0.25) is 0 Å². The van der Waals surface area contributed by atoms with Crippen LogP contribution in [0.5, 0.6) is 0 Å². The minimum absolute atomic E-state index is 0.660. The largest absolute Gasteiger partial charge is 0.380 e. The van der Waals surface area contributed by atoms with Gasteiger partial charge in [0.25, 0.3) is 0 Å². The van der Waals surface area contributed by atoms with Crippen molar-refractivity contribution in [3.05, 3.63) is 79.6 Å². The molecular weight excluding hydrogens is 348 g/mol. The first-order chi connectivity index (χ1) is 13.9.